The van der Waals surface area contributed by atoms with Gasteiger partial charge in [-0.25, -0.2) is 9.97 Å². The second-order valence-electron chi connectivity index (χ2n) is 12.3. The van der Waals surface area contributed by atoms with Gasteiger partial charge in [0.15, 0.2) is 5.82 Å². The summed E-state index contributed by atoms with van der Waals surface area (Å²) in [6.07, 6.45) is 0. The van der Waals surface area contributed by atoms with Crippen molar-refractivity contribution in [2.45, 2.75) is 19.3 Å². The van der Waals surface area contributed by atoms with Crippen LogP contribution in [0, 0.1) is 0 Å². The molecule has 1 aliphatic carbocycles. The van der Waals surface area contributed by atoms with Crippen molar-refractivity contribution >= 4 is 0 Å². The molecule has 7 aromatic rings. The Labute approximate surface area is 264 Å². The molecule has 0 unspecified atom stereocenters. The lowest BCUT2D eigenvalue weighted by molar-refractivity contribution is 0.660. The first-order valence-electron chi connectivity index (χ1n) is 15.5. The van der Waals surface area contributed by atoms with Crippen molar-refractivity contribution in [3.63, 3.8) is 0 Å². The van der Waals surface area contributed by atoms with Crippen LogP contribution in [0.4, 0.5) is 0 Å². The summed E-state index contributed by atoms with van der Waals surface area (Å²) in [5.74, 6) is 0.726. The Morgan fingerprint density at radius 1 is 0.356 bits per heavy atom. The molecule has 45 heavy (non-hydrogen) atoms. The predicted octanol–water partition coefficient (Wildman–Crippen LogP) is 11.1. The van der Waals surface area contributed by atoms with E-state index in [1.807, 2.05) is 36.4 Å². The van der Waals surface area contributed by atoms with Crippen LogP contribution in [0.15, 0.2) is 158 Å². The molecule has 0 atom stereocenters. The molecule has 6 aromatic carbocycles. The Kier molecular flexibility index (Phi) is 6.50. The summed E-state index contributed by atoms with van der Waals surface area (Å²) in [5, 5.41) is 0. The predicted molar refractivity (Wildman–Crippen MR) is 187 cm³/mol. The van der Waals surface area contributed by atoms with E-state index in [2.05, 4.69) is 135 Å². The van der Waals surface area contributed by atoms with Crippen LogP contribution in [0.1, 0.15) is 25.0 Å². The number of nitrogens with zero attached hydrogens (tertiary/aromatic N) is 2. The van der Waals surface area contributed by atoms with Gasteiger partial charge in [-0.15, -0.1) is 0 Å². The SMILES string of the molecule is CC1(C)c2ccccc2-c2cc(-c3cccc(-c4ccc(-c5cc(-c6ccccc6)nc(-c6ccccc6)n5)cc4)c3)ccc21. The Balaban J connectivity index is 1.14. The van der Waals surface area contributed by atoms with Crippen molar-refractivity contribution in [2.75, 3.05) is 0 Å². The van der Waals surface area contributed by atoms with E-state index in [1.54, 1.807) is 0 Å². The molecule has 214 valence electrons. The van der Waals surface area contributed by atoms with Gasteiger partial charge in [-0.05, 0) is 62.7 Å². The molecule has 2 heteroatoms. The largest absolute Gasteiger partial charge is 0.228 e. The minimum atomic E-state index is 0.0153. The Morgan fingerprint density at radius 2 is 0.844 bits per heavy atom. The highest BCUT2D eigenvalue weighted by molar-refractivity contribution is 5.85. The molecule has 0 radical (unpaired) electrons. The second kappa shape index (κ2) is 10.8. The first-order chi connectivity index (χ1) is 22.0. The van der Waals surface area contributed by atoms with E-state index in [0.29, 0.717) is 0 Å². The van der Waals surface area contributed by atoms with Gasteiger partial charge in [-0.2, -0.15) is 0 Å². The molecule has 0 aliphatic heterocycles. The molecule has 1 aliphatic rings. The summed E-state index contributed by atoms with van der Waals surface area (Å²) in [6.45, 7) is 4.65. The summed E-state index contributed by atoms with van der Waals surface area (Å²) < 4.78 is 0. The number of aromatic nitrogens is 2. The highest BCUT2D eigenvalue weighted by Crippen LogP contribution is 2.49. The molecule has 2 nitrogen and oxygen atoms in total. The van der Waals surface area contributed by atoms with Crippen LogP contribution in [0.25, 0.3) is 67.3 Å². The van der Waals surface area contributed by atoms with Crippen LogP contribution in [-0.2, 0) is 5.41 Å². The van der Waals surface area contributed by atoms with Crippen LogP contribution in [0.5, 0.6) is 0 Å². The number of hydrogen-bond acceptors (Lipinski definition) is 2. The number of rotatable bonds is 5. The Hall–Kier alpha value is -5.60. The third-order valence-electron chi connectivity index (χ3n) is 9.12. The van der Waals surface area contributed by atoms with Crippen LogP contribution in [-0.4, -0.2) is 9.97 Å². The van der Waals surface area contributed by atoms with Gasteiger partial charge in [0.1, 0.15) is 0 Å². The van der Waals surface area contributed by atoms with E-state index in [4.69, 9.17) is 9.97 Å². The van der Waals surface area contributed by atoms with Gasteiger partial charge < -0.3 is 0 Å². The van der Waals surface area contributed by atoms with Gasteiger partial charge in [0.25, 0.3) is 0 Å². The molecular formula is C43H32N2. The highest BCUT2D eigenvalue weighted by atomic mass is 14.9. The lowest BCUT2D eigenvalue weighted by Crippen LogP contribution is -2.14. The second-order valence-corrected chi connectivity index (χ2v) is 12.3. The van der Waals surface area contributed by atoms with Crippen LogP contribution in [0.3, 0.4) is 0 Å². The highest BCUT2D eigenvalue weighted by Gasteiger charge is 2.35. The fraction of sp³-hybridized carbons (Fsp3) is 0.0698. The Morgan fingerprint density at radius 3 is 1.56 bits per heavy atom. The Bertz CT molecular complexity index is 2100. The summed E-state index contributed by atoms with van der Waals surface area (Å²) in [4.78, 5) is 9.93. The van der Waals surface area contributed by atoms with Gasteiger partial charge in [0.05, 0.1) is 11.4 Å². The minimum Gasteiger partial charge on any atom is -0.228 e. The fourth-order valence-electron chi connectivity index (χ4n) is 6.68. The average molecular weight is 577 g/mol. The average Bonchev–Trinajstić information content (AvgIpc) is 3.34. The summed E-state index contributed by atoms with van der Waals surface area (Å²) in [7, 11) is 0. The molecule has 1 heterocycles. The van der Waals surface area contributed by atoms with Gasteiger partial charge in [-0.1, -0.05) is 153 Å². The number of hydrogen-bond donors (Lipinski definition) is 0. The summed E-state index contributed by atoms with van der Waals surface area (Å²) >= 11 is 0. The van der Waals surface area contributed by atoms with Crippen molar-refractivity contribution in [1.82, 2.24) is 9.97 Å². The van der Waals surface area contributed by atoms with Crippen LogP contribution >= 0.6 is 0 Å². The third kappa shape index (κ3) is 4.85. The maximum atomic E-state index is 5.00. The van der Waals surface area contributed by atoms with Gasteiger partial charge in [0, 0.05) is 22.1 Å². The van der Waals surface area contributed by atoms with E-state index in [0.717, 1.165) is 33.9 Å². The maximum Gasteiger partial charge on any atom is 0.160 e. The molecule has 0 bridgehead atoms. The summed E-state index contributed by atoms with van der Waals surface area (Å²) in [6, 6.07) is 56.0. The third-order valence-corrected chi connectivity index (χ3v) is 9.12. The lowest BCUT2D eigenvalue weighted by Gasteiger charge is -2.21. The van der Waals surface area contributed by atoms with E-state index >= 15 is 0 Å². The normalized spacial score (nSPS) is 12.8. The van der Waals surface area contributed by atoms with Crippen molar-refractivity contribution in [3.8, 4) is 67.3 Å². The molecule has 1 aromatic heterocycles. The zero-order chi connectivity index (χ0) is 30.4. The van der Waals surface area contributed by atoms with Crippen molar-refractivity contribution in [3.05, 3.63) is 169 Å². The monoisotopic (exact) mass is 576 g/mol. The quantitative estimate of drug-likeness (QED) is 0.204. The van der Waals surface area contributed by atoms with Crippen molar-refractivity contribution in [1.29, 1.82) is 0 Å². The van der Waals surface area contributed by atoms with Gasteiger partial charge in [-0.3, -0.25) is 0 Å². The zero-order valence-electron chi connectivity index (χ0n) is 25.4. The zero-order valence-corrected chi connectivity index (χ0v) is 25.4. The maximum absolute atomic E-state index is 5.00. The molecular weight excluding hydrogens is 544 g/mol. The molecule has 8 rings (SSSR count). The number of fused-ring (bicyclic) bond motifs is 3. The van der Waals surface area contributed by atoms with Gasteiger partial charge in [0.2, 0.25) is 0 Å². The molecule has 0 fully saturated rings. The van der Waals surface area contributed by atoms with Gasteiger partial charge >= 0.3 is 0 Å². The smallest absolute Gasteiger partial charge is 0.160 e. The first kappa shape index (κ1) is 27.0. The van der Waals surface area contributed by atoms with E-state index in [-0.39, 0.29) is 5.41 Å². The van der Waals surface area contributed by atoms with Crippen molar-refractivity contribution in [2.24, 2.45) is 0 Å². The fourth-order valence-corrected chi connectivity index (χ4v) is 6.68. The number of benzene rings is 6. The minimum absolute atomic E-state index is 0.0153. The van der Waals surface area contributed by atoms with Crippen LogP contribution in [0.2, 0.25) is 0 Å². The molecule has 0 saturated heterocycles. The van der Waals surface area contributed by atoms with E-state index < -0.39 is 0 Å². The molecule has 0 spiro atoms. The van der Waals surface area contributed by atoms with Crippen LogP contribution < -0.4 is 0 Å². The molecule has 0 saturated carbocycles. The summed E-state index contributed by atoms with van der Waals surface area (Å²) in [5.41, 5.74) is 15.3. The molecule has 0 amide bonds. The van der Waals surface area contributed by atoms with Crippen molar-refractivity contribution < 1.29 is 0 Å². The standard InChI is InChI=1S/C43H32N2/c1-43(2)38-19-10-9-18-36(38)37-27-35(24-25-39(37)43)34-17-11-16-33(26-34)29-20-22-31(23-21-29)41-28-40(30-12-5-3-6-13-30)44-42(45-41)32-14-7-4-8-15-32/h3-28H,1-2H3. The lowest BCUT2D eigenvalue weighted by atomic mass is 9.82. The molecule has 0 N–H and O–H groups in total. The topological polar surface area (TPSA) is 25.8 Å². The first-order valence-corrected chi connectivity index (χ1v) is 15.5. The van der Waals surface area contributed by atoms with E-state index in [1.165, 1.54) is 44.5 Å². The van der Waals surface area contributed by atoms with E-state index in [9.17, 15) is 0 Å².